The SMILES string of the molecule is CCC(C)O.CCC(C)OC(=O)C(Cc1cn(C(=O)OC(C)(C)C)cn1)NC(=O)OC(C)(C)C.CCC(C)OC(=O)C([NH3+])Cc1cnc[nH]1.CO. The standard InChI is InChI=1S/C20H33N3O6.C10H17N3O2.C4H10O.CH4O/c1-9-13(2)27-16(24)15(22-17(25)28-19(3,4)5)10-14-11-23(12-21-14)18(26)29-20(6,7)8;1-3-7(2)15-10(14)9(11)4-8-5-12-6-13-8;1-3-4(2)5;1-2/h11-13,15H,9-10H2,1-8H3,(H,22,25);5-7,9H,3-4,11H2,1-2H3,(H,12,13);4-5H,3H2,1-2H3;2H,1H3/p+1. The number of aliphatic hydroxyl groups is 2. The summed E-state index contributed by atoms with van der Waals surface area (Å²) in [6, 6.07) is -1.39. The molecule has 0 radical (unpaired) electrons. The Bertz CT molecular complexity index is 1250. The van der Waals surface area contributed by atoms with Gasteiger partial charge in [0.05, 0.1) is 36.8 Å². The van der Waals surface area contributed by atoms with E-state index in [1.54, 1.807) is 67.9 Å². The summed E-state index contributed by atoms with van der Waals surface area (Å²) in [7, 11) is 1.00. The van der Waals surface area contributed by atoms with Crippen LogP contribution in [-0.4, -0.2) is 103 Å². The molecule has 0 spiro atoms. The van der Waals surface area contributed by atoms with Crippen molar-refractivity contribution in [3.8, 4) is 0 Å². The van der Waals surface area contributed by atoms with Gasteiger partial charge in [0, 0.05) is 31.6 Å². The Balaban J connectivity index is 0. The molecule has 0 saturated heterocycles. The number of carbonyl (C=O) groups is 4. The minimum Gasteiger partial charge on any atom is -0.461 e. The molecule has 51 heavy (non-hydrogen) atoms. The van der Waals surface area contributed by atoms with Crippen LogP contribution in [0.5, 0.6) is 0 Å². The topological polar surface area (TPSA) is 232 Å². The number of nitrogens with one attached hydrogen (secondary N) is 2. The first-order valence-corrected chi connectivity index (χ1v) is 17.2. The van der Waals surface area contributed by atoms with Gasteiger partial charge >= 0.3 is 24.1 Å². The summed E-state index contributed by atoms with van der Waals surface area (Å²) >= 11 is 0. The number of imidazole rings is 2. The number of quaternary nitrogens is 1. The van der Waals surface area contributed by atoms with Gasteiger partial charge in [-0.2, -0.15) is 0 Å². The third kappa shape index (κ3) is 24.7. The molecule has 5 atom stereocenters. The third-order valence-electron chi connectivity index (χ3n) is 6.36. The summed E-state index contributed by atoms with van der Waals surface area (Å²) in [4.78, 5) is 59.3. The molecule has 294 valence electrons. The Morgan fingerprint density at radius 3 is 1.82 bits per heavy atom. The zero-order valence-electron chi connectivity index (χ0n) is 32.9. The van der Waals surface area contributed by atoms with Crippen LogP contribution in [0.3, 0.4) is 0 Å². The highest BCUT2D eigenvalue weighted by molar-refractivity contribution is 5.82. The molecule has 5 unspecified atom stereocenters. The molecule has 16 nitrogen and oxygen atoms in total. The molecule has 0 fully saturated rings. The highest BCUT2D eigenvalue weighted by Crippen LogP contribution is 2.12. The smallest absolute Gasteiger partial charge is 0.419 e. The fraction of sp³-hybridized carbons (Fsp3) is 0.714. The van der Waals surface area contributed by atoms with Crippen LogP contribution in [0.2, 0.25) is 0 Å². The lowest BCUT2D eigenvalue weighted by molar-refractivity contribution is -0.408. The zero-order valence-corrected chi connectivity index (χ0v) is 32.9. The fourth-order valence-electron chi connectivity index (χ4n) is 3.22. The number of rotatable bonds is 12. The van der Waals surface area contributed by atoms with Crippen LogP contribution in [0.1, 0.15) is 114 Å². The van der Waals surface area contributed by atoms with Crippen molar-refractivity contribution in [3.63, 3.8) is 0 Å². The lowest BCUT2D eigenvalue weighted by Crippen LogP contribution is -2.66. The molecule has 0 bridgehead atoms. The van der Waals surface area contributed by atoms with E-state index in [4.69, 9.17) is 29.2 Å². The minimum absolute atomic E-state index is 0.0321. The predicted molar refractivity (Wildman–Crippen MR) is 191 cm³/mol. The molecule has 0 aliphatic heterocycles. The number of alkyl carbamates (subject to hydrolysis) is 1. The summed E-state index contributed by atoms with van der Waals surface area (Å²) in [6.45, 7) is 21.7. The van der Waals surface area contributed by atoms with Gasteiger partial charge in [-0.15, -0.1) is 0 Å². The monoisotopic (exact) mass is 729 g/mol. The van der Waals surface area contributed by atoms with E-state index < -0.39 is 35.4 Å². The number of hydrogen-bond acceptors (Lipinski definition) is 12. The number of carbonyl (C=O) groups excluding carboxylic acids is 4. The first-order valence-electron chi connectivity index (χ1n) is 17.2. The molecule has 2 rings (SSSR count). The summed E-state index contributed by atoms with van der Waals surface area (Å²) in [5, 5.41) is 17.9. The lowest BCUT2D eigenvalue weighted by Gasteiger charge is -2.23. The van der Waals surface area contributed by atoms with Gasteiger partial charge in [0.2, 0.25) is 0 Å². The lowest BCUT2D eigenvalue weighted by atomic mass is 10.1. The summed E-state index contributed by atoms with van der Waals surface area (Å²) < 4.78 is 22.2. The Labute approximate surface area is 303 Å². The predicted octanol–water partition coefficient (Wildman–Crippen LogP) is 3.73. The molecular formula is C35H65N6O10+. The molecular weight excluding hydrogens is 664 g/mol. The van der Waals surface area contributed by atoms with Crippen LogP contribution < -0.4 is 11.1 Å². The quantitative estimate of drug-likeness (QED) is 0.155. The van der Waals surface area contributed by atoms with Gasteiger partial charge in [-0.1, -0.05) is 20.8 Å². The maximum atomic E-state index is 12.5. The minimum atomic E-state index is -1.01. The number of aromatic nitrogens is 4. The highest BCUT2D eigenvalue weighted by Gasteiger charge is 2.28. The number of aliphatic hydroxyl groups excluding tert-OH is 2. The third-order valence-corrected chi connectivity index (χ3v) is 6.36. The van der Waals surface area contributed by atoms with E-state index in [-0.39, 0.29) is 36.7 Å². The van der Waals surface area contributed by atoms with Crippen molar-refractivity contribution < 1.29 is 54.1 Å². The zero-order chi connectivity index (χ0) is 39.9. The van der Waals surface area contributed by atoms with E-state index in [0.29, 0.717) is 18.5 Å². The van der Waals surface area contributed by atoms with Crippen molar-refractivity contribution in [1.29, 1.82) is 0 Å². The molecule has 0 aliphatic rings. The van der Waals surface area contributed by atoms with Gasteiger partial charge in [0.1, 0.15) is 23.6 Å². The second-order valence-corrected chi connectivity index (χ2v) is 13.7. The largest absolute Gasteiger partial charge is 0.461 e. The Morgan fingerprint density at radius 2 is 1.39 bits per heavy atom. The van der Waals surface area contributed by atoms with Crippen molar-refractivity contribution >= 4 is 24.1 Å². The Morgan fingerprint density at radius 1 is 0.882 bits per heavy atom. The summed E-state index contributed by atoms with van der Waals surface area (Å²) in [6.07, 6.45) is 7.13. The van der Waals surface area contributed by atoms with Crippen molar-refractivity contribution in [2.75, 3.05) is 7.11 Å². The van der Waals surface area contributed by atoms with E-state index in [9.17, 15) is 19.2 Å². The first-order chi connectivity index (χ1) is 23.6. The summed E-state index contributed by atoms with van der Waals surface area (Å²) in [5.41, 5.74) is 3.73. The van der Waals surface area contributed by atoms with E-state index >= 15 is 0 Å². The summed E-state index contributed by atoms with van der Waals surface area (Å²) in [5.74, 6) is -0.851. The van der Waals surface area contributed by atoms with Crippen molar-refractivity contribution in [3.05, 3.63) is 36.4 Å². The first kappa shape index (κ1) is 49.1. The van der Waals surface area contributed by atoms with Crippen molar-refractivity contribution in [1.82, 2.24) is 24.8 Å². The number of hydrogen-bond donors (Lipinski definition) is 5. The molecule has 0 saturated carbocycles. The van der Waals surface area contributed by atoms with E-state index in [1.165, 1.54) is 17.1 Å². The Hall–Kier alpha value is -4.02. The average molecular weight is 730 g/mol. The van der Waals surface area contributed by atoms with Gasteiger partial charge in [-0.3, -0.25) is 0 Å². The normalized spacial score (nSPS) is 13.8. The molecule has 2 heterocycles. The van der Waals surface area contributed by atoms with Crippen molar-refractivity contribution in [2.24, 2.45) is 0 Å². The second kappa shape index (κ2) is 25.0. The van der Waals surface area contributed by atoms with Crippen molar-refractivity contribution in [2.45, 2.75) is 157 Å². The van der Waals surface area contributed by atoms with Crippen LogP contribution in [0.25, 0.3) is 0 Å². The molecule has 2 aromatic rings. The Kier molecular flexibility index (Phi) is 24.1. The average Bonchev–Trinajstić information content (AvgIpc) is 3.73. The molecule has 2 aromatic heterocycles. The van der Waals surface area contributed by atoms with Crippen LogP contribution in [-0.2, 0) is 41.4 Å². The fourth-order valence-corrected chi connectivity index (χ4v) is 3.22. The van der Waals surface area contributed by atoms with E-state index in [2.05, 4.69) is 26.0 Å². The number of esters is 2. The van der Waals surface area contributed by atoms with E-state index in [0.717, 1.165) is 25.6 Å². The van der Waals surface area contributed by atoms with Crippen LogP contribution >= 0.6 is 0 Å². The second-order valence-electron chi connectivity index (χ2n) is 13.7. The molecule has 0 aliphatic carbocycles. The van der Waals surface area contributed by atoms with Gasteiger partial charge in [-0.25, -0.2) is 33.7 Å². The number of nitrogens with zero attached hydrogens (tertiary/aromatic N) is 3. The highest BCUT2D eigenvalue weighted by atomic mass is 16.6. The maximum Gasteiger partial charge on any atom is 0.419 e. The molecule has 16 heteroatoms. The van der Waals surface area contributed by atoms with Crippen LogP contribution in [0.15, 0.2) is 25.0 Å². The molecule has 7 N–H and O–H groups in total. The number of ether oxygens (including phenoxy) is 4. The van der Waals surface area contributed by atoms with Gasteiger partial charge in [0.25, 0.3) is 0 Å². The number of amides is 1. The van der Waals surface area contributed by atoms with Crippen LogP contribution in [0.4, 0.5) is 9.59 Å². The van der Waals surface area contributed by atoms with Gasteiger partial charge in [0.15, 0.2) is 6.04 Å². The van der Waals surface area contributed by atoms with E-state index in [1.807, 2.05) is 27.7 Å². The number of aromatic amines is 1. The molecule has 1 amide bonds. The molecule has 0 aromatic carbocycles. The van der Waals surface area contributed by atoms with Gasteiger partial charge in [-0.05, 0) is 81.6 Å². The van der Waals surface area contributed by atoms with Crippen LogP contribution in [0, 0.1) is 0 Å². The van der Waals surface area contributed by atoms with Gasteiger partial charge < -0.3 is 45.2 Å². The number of H-pyrrole nitrogens is 1. The maximum absolute atomic E-state index is 12.5.